The largest absolute Gasteiger partial charge is 0.433 e. The minimum absolute atomic E-state index is 0.0202. The number of amides is 1. The molecule has 1 aliphatic heterocycles. The first-order chi connectivity index (χ1) is 13.8. The van der Waals surface area contributed by atoms with Gasteiger partial charge in [-0.15, -0.1) is 0 Å². The Labute approximate surface area is 164 Å². The summed E-state index contributed by atoms with van der Waals surface area (Å²) in [5.74, 6) is -0.598. The molecule has 2 fully saturated rings. The van der Waals surface area contributed by atoms with Gasteiger partial charge in [-0.25, -0.2) is 14.4 Å². The number of anilines is 1. The molecule has 0 aromatic carbocycles. The van der Waals surface area contributed by atoms with E-state index in [9.17, 15) is 22.4 Å². The molecule has 0 unspecified atom stereocenters. The van der Waals surface area contributed by atoms with E-state index in [0.29, 0.717) is 25.9 Å². The number of halogens is 4. The topological polar surface area (TPSA) is 62.2 Å². The lowest BCUT2D eigenvalue weighted by molar-refractivity contribution is -0.141. The zero-order valence-corrected chi connectivity index (χ0v) is 15.4. The van der Waals surface area contributed by atoms with Crippen molar-refractivity contribution < 1.29 is 22.4 Å². The fourth-order valence-electron chi connectivity index (χ4n) is 3.73. The van der Waals surface area contributed by atoms with Crippen LogP contribution in [0.2, 0.25) is 0 Å². The third-order valence-electron chi connectivity index (χ3n) is 5.24. The van der Waals surface area contributed by atoms with Crippen molar-refractivity contribution in [2.45, 2.75) is 43.9 Å². The highest BCUT2D eigenvalue weighted by atomic mass is 19.4. The predicted molar refractivity (Wildman–Crippen MR) is 95.7 cm³/mol. The Kier molecular flexibility index (Phi) is 5.10. The van der Waals surface area contributed by atoms with E-state index in [2.05, 4.69) is 15.0 Å². The molecule has 2 aromatic heterocycles. The summed E-state index contributed by atoms with van der Waals surface area (Å²) >= 11 is 0. The van der Waals surface area contributed by atoms with E-state index < -0.39 is 17.7 Å². The first-order valence-electron chi connectivity index (χ1n) is 9.40. The molecule has 0 atom stereocenters. The monoisotopic (exact) mass is 409 g/mol. The summed E-state index contributed by atoms with van der Waals surface area (Å²) in [5, 5.41) is 0. The summed E-state index contributed by atoms with van der Waals surface area (Å²) in [6, 6.07) is 2.28. The number of hydrogen-bond donors (Lipinski definition) is 0. The molecule has 10 heteroatoms. The number of likely N-dealkylation sites (tertiary alicyclic amines) is 1. The van der Waals surface area contributed by atoms with Gasteiger partial charge in [0.2, 0.25) is 0 Å². The zero-order valence-electron chi connectivity index (χ0n) is 15.4. The van der Waals surface area contributed by atoms with Crippen LogP contribution in [0, 0.1) is 5.82 Å². The number of carbonyl (C=O) groups is 1. The first kappa shape index (κ1) is 19.5. The van der Waals surface area contributed by atoms with Crippen LogP contribution in [0.15, 0.2) is 30.9 Å². The van der Waals surface area contributed by atoms with Crippen LogP contribution in [0.3, 0.4) is 0 Å². The van der Waals surface area contributed by atoms with E-state index in [-0.39, 0.29) is 29.4 Å². The Morgan fingerprint density at radius 2 is 1.72 bits per heavy atom. The van der Waals surface area contributed by atoms with Gasteiger partial charge in [-0.1, -0.05) is 0 Å². The molecular weight excluding hydrogens is 390 g/mol. The minimum atomic E-state index is -4.53. The Hall–Kier alpha value is -2.78. The molecule has 0 spiro atoms. The molecule has 29 heavy (non-hydrogen) atoms. The maximum Gasteiger partial charge on any atom is 0.433 e. The number of rotatable bonds is 4. The van der Waals surface area contributed by atoms with Gasteiger partial charge in [-0.3, -0.25) is 9.78 Å². The van der Waals surface area contributed by atoms with Gasteiger partial charge in [0.1, 0.15) is 23.7 Å². The highest BCUT2D eigenvalue weighted by Crippen LogP contribution is 2.37. The van der Waals surface area contributed by atoms with E-state index in [0.717, 1.165) is 37.5 Å². The zero-order chi connectivity index (χ0) is 20.6. The van der Waals surface area contributed by atoms with Crippen molar-refractivity contribution in [2.24, 2.45) is 0 Å². The Bertz CT molecular complexity index is 894. The van der Waals surface area contributed by atoms with Crippen LogP contribution in [0.4, 0.5) is 23.4 Å². The van der Waals surface area contributed by atoms with E-state index in [1.807, 2.05) is 4.90 Å². The number of hydrogen-bond acceptors (Lipinski definition) is 5. The average Bonchev–Trinajstić information content (AvgIpc) is 3.53. The summed E-state index contributed by atoms with van der Waals surface area (Å²) in [6.45, 7) is 0.862. The smallest absolute Gasteiger partial charge is 0.350 e. The lowest BCUT2D eigenvalue weighted by atomic mass is 10.0. The summed E-state index contributed by atoms with van der Waals surface area (Å²) in [6.07, 6.45) is 1.78. The molecule has 2 aliphatic rings. The number of aromatic nitrogens is 3. The minimum Gasteiger partial charge on any atom is -0.350 e. The lowest BCUT2D eigenvalue weighted by Crippen LogP contribution is -2.48. The van der Waals surface area contributed by atoms with Crippen molar-refractivity contribution in [1.29, 1.82) is 0 Å². The molecule has 0 N–H and O–H groups in total. The first-order valence-corrected chi connectivity index (χ1v) is 9.40. The molecule has 1 aliphatic carbocycles. The number of nitrogens with zero attached hydrogens (tertiary/aromatic N) is 5. The molecule has 4 rings (SSSR count). The van der Waals surface area contributed by atoms with Crippen molar-refractivity contribution >= 4 is 11.7 Å². The van der Waals surface area contributed by atoms with Gasteiger partial charge in [0.25, 0.3) is 5.91 Å². The Morgan fingerprint density at radius 1 is 1.03 bits per heavy atom. The molecule has 1 amide bonds. The van der Waals surface area contributed by atoms with Crippen molar-refractivity contribution in [3.05, 3.63) is 47.9 Å². The molecule has 1 saturated heterocycles. The second-order valence-corrected chi connectivity index (χ2v) is 7.31. The molecule has 154 valence electrons. The lowest BCUT2D eigenvalue weighted by Gasteiger charge is -2.39. The van der Waals surface area contributed by atoms with Crippen LogP contribution in [-0.2, 0) is 6.18 Å². The number of alkyl halides is 3. The summed E-state index contributed by atoms with van der Waals surface area (Å²) in [4.78, 5) is 27.3. The number of piperidine rings is 1. The maximum atomic E-state index is 13.3. The van der Waals surface area contributed by atoms with Crippen LogP contribution in [0.1, 0.15) is 41.7 Å². The quantitative estimate of drug-likeness (QED) is 0.726. The molecule has 1 saturated carbocycles. The van der Waals surface area contributed by atoms with Gasteiger partial charge in [-0.05, 0) is 31.7 Å². The van der Waals surface area contributed by atoms with Gasteiger partial charge in [0.15, 0.2) is 0 Å². The van der Waals surface area contributed by atoms with Crippen LogP contribution >= 0.6 is 0 Å². The second-order valence-electron chi connectivity index (χ2n) is 7.31. The molecule has 0 radical (unpaired) electrons. The Morgan fingerprint density at radius 3 is 2.34 bits per heavy atom. The normalized spacial score (nSPS) is 18.0. The van der Waals surface area contributed by atoms with Crippen LogP contribution in [0.5, 0.6) is 0 Å². The maximum absolute atomic E-state index is 13.3. The van der Waals surface area contributed by atoms with Crippen LogP contribution < -0.4 is 4.90 Å². The van der Waals surface area contributed by atoms with Gasteiger partial charge in [0, 0.05) is 37.4 Å². The average molecular weight is 409 g/mol. The third kappa shape index (κ3) is 4.30. The Balaban J connectivity index is 1.47. The number of pyridine rings is 1. The van der Waals surface area contributed by atoms with Gasteiger partial charge in [-0.2, -0.15) is 13.2 Å². The molecule has 2 aromatic rings. The van der Waals surface area contributed by atoms with Crippen molar-refractivity contribution in [1.82, 2.24) is 19.9 Å². The molecule has 0 bridgehead atoms. The predicted octanol–water partition coefficient (Wildman–Crippen LogP) is 3.30. The fraction of sp³-hybridized carbons (Fsp3) is 0.474. The molecule has 6 nitrogen and oxygen atoms in total. The standard InChI is InChI=1S/C19H19F4N5O/c20-13-7-12(9-24-10-13)18(29)27-5-3-15(4-6-27)28(14-1-2-14)17-8-16(19(21,22)23)25-11-26-17/h7-11,14-15H,1-6H2. The van der Waals surface area contributed by atoms with Crippen molar-refractivity contribution in [2.75, 3.05) is 18.0 Å². The second kappa shape index (κ2) is 7.57. The molecular formula is C19H19F4N5O. The van der Waals surface area contributed by atoms with Crippen LogP contribution in [-0.4, -0.2) is 50.9 Å². The summed E-state index contributed by atoms with van der Waals surface area (Å²) in [7, 11) is 0. The highest BCUT2D eigenvalue weighted by molar-refractivity contribution is 5.94. The van der Waals surface area contributed by atoms with Gasteiger partial charge >= 0.3 is 6.18 Å². The van der Waals surface area contributed by atoms with E-state index >= 15 is 0 Å². The van der Waals surface area contributed by atoms with E-state index in [4.69, 9.17) is 0 Å². The van der Waals surface area contributed by atoms with Crippen molar-refractivity contribution in [3.63, 3.8) is 0 Å². The van der Waals surface area contributed by atoms with E-state index in [1.165, 1.54) is 6.20 Å². The van der Waals surface area contributed by atoms with Gasteiger partial charge < -0.3 is 9.80 Å². The highest BCUT2D eigenvalue weighted by Gasteiger charge is 2.39. The number of carbonyl (C=O) groups excluding carboxylic acids is 1. The fourth-order valence-corrected chi connectivity index (χ4v) is 3.73. The van der Waals surface area contributed by atoms with Crippen molar-refractivity contribution in [3.8, 4) is 0 Å². The third-order valence-corrected chi connectivity index (χ3v) is 5.24. The SMILES string of the molecule is O=C(c1cncc(F)c1)N1CCC(N(c2cc(C(F)(F)F)ncn2)C2CC2)CC1. The molecule has 3 heterocycles. The summed E-state index contributed by atoms with van der Waals surface area (Å²) in [5.41, 5.74) is -0.771. The van der Waals surface area contributed by atoms with E-state index in [1.54, 1.807) is 4.90 Å². The summed E-state index contributed by atoms with van der Waals surface area (Å²) < 4.78 is 52.4. The van der Waals surface area contributed by atoms with Crippen LogP contribution in [0.25, 0.3) is 0 Å². The van der Waals surface area contributed by atoms with Gasteiger partial charge in [0.05, 0.1) is 11.8 Å².